The van der Waals surface area contributed by atoms with E-state index in [0.29, 0.717) is 0 Å². The molecule has 0 aliphatic carbocycles. The zero-order chi connectivity index (χ0) is 11.4. The van der Waals surface area contributed by atoms with Crippen molar-refractivity contribution in [3.8, 4) is 0 Å². The third-order valence-electron chi connectivity index (χ3n) is 2.82. The molecule has 1 aliphatic rings. The molecule has 1 saturated heterocycles. The quantitative estimate of drug-likeness (QED) is 0.689. The van der Waals surface area contributed by atoms with E-state index in [-0.39, 0.29) is 11.8 Å². The molecule has 5 heteroatoms. The van der Waals surface area contributed by atoms with Gasteiger partial charge in [0.25, 0.3) is 0 Å². The number of carboxylic acid groups (broad SMARTS) is 1. The lowest BCUT2D eigenvalue weighted by atomic mass is 9.96. The molecule has 0 radical (unpaired) electrons. The molecule has 1 rings (SSSR count). The van der Waals surface area contributed by atoms with Gasteiger partial charge in [0.1, 0.15) is 6.04 Å². The molecular weight excluding hydrogens is 196 g/mol. The SMILES string of the molecule is CC(NC(=O)C1CCN(C)CC1)C(=O)O. The van der Waals surface area contributed by atoms with Gasteiger partial charge in [-0.15, -0.1) is 0 Å². The van der Waals surface area contributed by atoms with Crippen molar-refractivity contribution < 1.29 is 14.7 Å². The number of aliphatic carboxylic acids is 1. The summed E-state index contributed by atoms with van der Waals surface area (Å²) in [5, 5.41) is 11.2. The lowest BCUT2D eigenvalue weighted by molar-refractivity contribution is -0.142. The van der Waals surface area contributed by atoms with Crippen molar-refractivity contribution in [2.45, 2.75) is 25.8 Å². The molecule has 0 aromatic rings. The predicted octanol–water partition coefficient (Wildman–Crippen LogP) is -0.0825. The van der Waals surface area contributed by atoms with Crippen molar-refractivity contribution in [2.24, 2.45) is 5.92 Å². The lowest BCUT2D eigenvalue weighted by Crippen LogP contribution is -2.44. The maximum Gasteiger partial charge on any atom is 0.325 e. The number of carbonyl (C=O) groups excluding carboxylic acids is 1. The van der Waals surface area contributed by atoms with Crippen LogP contribution < -0.4 is 5.32 Å². The number of hydrogen-bond donors (Lipinski definition) is 2. The van der Waals surface area contributed by atoms with E-state index in [0.717, 1.165) is 25.9 Å². The van der Waals surface area contributed by atoms with E-state index in [1.54, 1.807) is 0 Å². The number of nitrogens with zero attached hydrogens (tertiary/aromatic N) is 1. The standard InChI is InChI=1S/C10H18N2O3/c1-7(10(14)15)11-9(13)8-3-5-12(2)6-4-8/h7-8H,3-6H2,1-2H3,(H,11,13)(H,14,15). The monoisotopic (exact) mass is 214 g/mol. The van der Waals surface area contributed by atoms with Gasteiger partial charge >= 0.3 is 5.97 Å². The van der Waals surface area contributed by atoms with Crippen LogP contribution in [0.1, 0.15) is 19.8 Å². The largest absolute Gasteiger partial charge is 0.480 e. The Labute approximate surface area is 89.4 Å². The molecule has 1 amide bonds. The first-order valence-electron chi connectivity index (χ1n) is 5.22. The number of hydrogen-bond acceptors (Lipinski definition) is 3. The molecule has 86 valence electrons. The fourth-order valence-electron chi connectivity index (χ4n) is 1.66. The normalized spacial score (nSPS) is 20.9. The highest BCUT2D eigenvalue weighted by molar-refractivity contribution is 5.84. The third-order valence-corrected chi connectivity index (χ3v) is 2.82. The van der Waals surface area contributed by atoms with Crippen LogP contribution in [0.3, 0.4) is 0 Å². The number of carboxylic acids is 1. The van der Waals surface area contributed by atoms with Gasteiger partial charge in [0, 0.05) is 5.92 Å². The highest BCUT2D eigenvalue weighted by atomic mass is 16.4. The first kappa shape index (κ1) is 12.0. The zero-order valence-corrected chi connectivity index (χ0v) is 9.19. The molecule has 2 N–H and O–H groups in total. The third kappa shape index (κ3) is 3.51. The van der Waals surface area contributed by atoms with E-state index in [4.69, 9.17) is 5.11 Å². The second-order valence-electron chi connectivity index (χ2n) is 4.15. The average Bonchev–Trinajstić information content (AvgIpc) is 2.18. The van der Waals surface area contributed by atoms with Crippen LogP contribution in [0.2, 0.25) is 0 Å². The van der Waals surface area contributed by atoms with Crippen LogP contribution in [0.5, 0.6) is 0 Å². The number of amides is 1. The van der Waals surface area contributed by atoms with Crippen molar-refractivity contribution in [1.29, 1.82) is 0 Å². The van der Waals surface area contributed by atoms with Crippen LogP contribution in [0.4, 0.5) is 0 Å². The summed E-state index contributed by atoms with van der Waals surface area (Å²) in [6.07, 6.45) is 1.63. The fourth-order valence-corrected chi connectivity index (χ4v) is 1.66. The Bertz CT molecular complexity index is 247. The van der Waals surface area contributed by atoms with Crippen LogP contribution in [0.15, 0.2) is 0 Å². The predicted molar refractivity (Wildman–Crippen MR) is 55.5 cm³/mol. The Kier molecular flexibility index (Phi) is 4.08. The summed E-state index contributed by atoms with van der Waals surface area (Å²) in [6.45, 7) is 3.29. The maximum atomic E-state index is 11.6. The molecule has 1 unspecified atom stereocenters. The van der Waals surface area contributed by atoms with Gasteiger partial charge in [-0.05, 0) is 39.9 Å². The second kappa shape index (κ2) is 5.11. The molecule has 1 heterocycles. The molecule has 5 nitrogen and oxygen atoms in total. The molecule has 15 heavy (non-hydrogen) atoms. The Morgan fingerprint density at radius 1 is 1.40 bits per heavy atom. The Morgan fingerprint density at radius 3 is 2.40 bits per heavy atom. The highest BCUT2D eigenvalue weighted by Crippen LogP contribution is 2.15. The van der Waals surface area contributed by atoms with Gasteiger partial charge in [-0.3, -0.25) is 9.59 Å². The topological polar surface area (TPSA) is 69.6 Å². The molecule has 0 aromatic heterocycles. The first-order chi connectivity index (χ1) is 7.00. The second-order valence-corrected chi connectivity index (χ2v) is 4.15. The minimum Gasteiger partial charge on any atom is -0.480 e. The van der Waals surface area contributed by atoms with Crippen LogP contribution in [0, 0.1) is 5.92 Å². The van der Waals surface area contributed by atoms with E-state index in [2.05, 4.69) is 10.2 Å². The van der Waals surface area contributed by atoms with Crippen molar-refractivity contribution in [2.75, 3.05) is 20.1 Å². The van der Waals surface area contributed by atoms with Crippen LogP contribution in [-0.4, -0.2) is 48.1 Å². The lowest BCUT2D eigenvalue weighted by Gasteiger charge is -2.28. The van der Waals surface area contributed by atoms with E-state index in [1.165, 1.54) is 6.92 Å². The molecular formula is C10H18N2O3. The van der Waals surface area contributed by atoms with Crippen molar-refractivity contribution in [1.82, 2.24) is 10.2 Å². The maximum absolute atomic E-state index is 11.6. The van der Waals surface area contributed by atoms with Gasteiger partial charge < -0.3 is 15.3 Å². The summed E-state index contributed by atoms with van der Waals surface area (Å²) in [4.78, 5) is 24.3. The minimum absolute atomic E-state index is 0.0250. The summed E-state index contributed by atoms with van der Waals surface area (Å²) < 4.78 is 0. The Balaban J connectivity index is 2.37. The van der Waals surface area contributed by atoms with Crippen molar-refractivity contribution in [3.05, 3.63) is 0 Å². The van der Waals surface area contributed by atoms with Crippen molar-refractivity contribution in [3.63, 3.8) is 0 Å². The molecule has 0 spiro atoms. The first-order valence-corrected chi connectivity index (χ1v) is 5.22. The summed E-state index contributed by atoms with van der Waals surface area (Å²) in [5.41, 5.74) is 0. The molecule has 1 aliphatic heterocycles. The van der Waals surface area contributed by atoms with E-state index in [1.807, 2.05) is 7.05 Å². The van der Waals surface area contributed by atoms with E-state index < -0.39 is 12.0 Å². The van der Waals surface area contributed by atoms with Gasteiger partial charge in [0.2, 0.25) is 5.91 Å². The highest BCUT2D eigenvalue weighted by Gasteiger charge is 2.25. The van der Waals surface area contributed by atoms with Gasteiger partial charge in [0.05, 0.1) is 0 Å². The molecule has 0 aromatic carbocycles. The van der Waals surface area contributed by atoms with E-state index >= 15 is 0 Å². The van der Waals surface area contributed by atoms with Gasteiger partial charge in [0.15, 0.2) is 0 Å². The van der Waals surface area contributed by atoms with Crippen LogP contribution in [-0.2, 0) is 9.59 Å². The minimum atomic E-state index is -0.990. The summed E-state index contributed by atoms with van der Waals surface area (Å²) in [7, 11) is 2.02. The van der Waals surface area contributed by atoms with Crippen LogP contribution >= 0.6 is 0 Å². The van der Waals surface area contributed by atoms with Gasteiger partial charge in [-0.25, -0.2) is 0 Å². The van der Waals surface area contributed by atoms with Gasteiger partial charge in [-0.1, -0.05) is 0 Å². The number of nitrogens with one attached hydrogen (secondary N) is 1. The molecule has 1 fully saturated rings. The summed E-state index contributed by atoms with van der Waals surface area (Å²) in [6, 6.07) is -0.794. The number of rotatable bonds is 3. The fraction of sp³-hybridized carbons (Fsp3) is 0.800. The summed E-state index contributed by atoms with van der Waals surface area (Å²) >= 11 is 0. The summed E-state index contributed by atoms with van der Waals surface area (Å²) in [5.74, 6) is -1.14. The molecule has 0 saturated carbocycles. The Hall–Kier alpha value is -1.10. The molecule has 1 atom stereocenters. The number of likely N-dealkylation sites (tertiary alicyclic amines) is 1. The molecule has 0 bridgehead atoms. The number of piperidine rings is 1. The average molecular weight is 214 g/mol. The van der Waals surface area contributed by atoms with Gasteiger partial charge in [-0.2, -0.15) is 0 Å². The van der Waals surface area contributed by atoms with E-state index in [9.17, 15) is 9.59 Å². The van der Waals surface area contributed by atoms with Crippen molar-refractivity contribution >= 4 is 11.9 Å². The number of carbonyl (C=O) groups is 2. The zero-order valence-electron chi connectivity index (χ0n) is 9.19. The Morgan fingerprint density at radius 2 is 1.93 bits per heavy atom. The smallest absolute Gasteiger partial charge is 0.325 e. The van der Waals surface area contributed by atoms with Crippen LogP contribution in [0.25, 0.3) is 0 Å².